The summed E-state index contributed by atoms with van der Waals surface area (Å²) in [7, 11) is -5.10. The zero-order valence-electron chi connectivity index (χ0n) is 30.3. The van der Waals surface area contributed by atoms with Gasteiger partial charge in [0.25, 0.3) is 0 Å². The van der Waals surface area contributed by atoms with Crippen LogP contribution in [0.3, 0.4) is 0 Å². The molecule has 0 aliphatic rings. The Balaban J connectivity index is 2.27. The Bertz CT molecular complexity index is 1610. The van der Waals surface area contributed by atoms with Gasteiger partial charge < -0.3 is 0 Å². The summed E-state index contributed by atoms with van der Waals surface area (Å²) in [4.78, 5) is 28.0. The molecular formula is C42H57O2P. The van der Waals surface area contributed by atoms with Gasteiger partial charge in [0.05, 0.1) is 0 Å². The van der Waals surface area contributed by atoms with Crippen LogP contribution in [0.15, 0.2) is 78.9 Å². The van der Waals surface area contributed by atoms with Crippen LogP contribution in [-0.4, -0.2) is 9.79 Å². The van der Waals surface area contributed by atoms with Crippen molar-refractivity contribution in [1.82, 2.24) is 0 Å². The van der Waals surface area contributed by atoms with Crippen molar-refractivity contribution < 1.29 is 9.79 Å². The van der Waals surface area contributed by atoms with E-state index < -0.39 is 7.06 Å². The van der Waals surface area contributed by atoms with Crippen LogP contribution >= 0.6 is 7.06 Å². The average Bonchev–Trinajstić information content (AvgIpc) is 2.90. The molecule has 4 rings (SSSR count). The van der Waals surface area contributed by atoms with Crippen molar-refractivity contribution in [3.8, 4) is 11.1 Å². The molecule has 0 unspecified atom stereocenters. The van der Waals surface area contributed by atoms with Gasteiger partial charge in [-0.25, -0.2) is 0 Å². The van der Waals surface area contributed by atoms with Crippen molar-refractivity contribution in [2.75, 3.05) is 0 Å². The Labute approximate surface area is 274 Å². The molecule has 0 atom stereocenters. The van der Waals surface area contributed by atoms with E-state index in [-0.39, 0.29) is 21.7 Å². The maximum absolute atomic E-state index is 14.0. The van der Waals surface area contributed by atoms with E-state index in [9.17, 15) is 9.79 Å². The predicted octanol–water partition coefficient (Wildman–Crippen LogP) is 9.80. The van der Waals surface area contributed by atoms with E-state index in [1.807, 2.05) is 42.5 Å². The summed E-state index contributed by atoms with van der Waals surface area (Å²) in [6.07, 6.45) is 0. The zero-order valence-corrected chi connectivity index (χ0v) is 31.2. The second kappa shape index (κ2) is 11.2. The quantitative estimate of drug-likeness (QED) is 0.222. The molecule has 4 aromatic carbocycles. The molecule has 0 heterocycles. The molecule has 4 aromatic rings. The zero-order chi connectivity index (χ0) is 34.0. The maximum atomic E-state index is 14.0. The van der Waals surface area contributed by atoms with E-state index in [4.69, 9.17) is 0 Å². The van der Waals surface area contributed by atoms with Crippen LogP contribution in [0.2, 0.25) is 0 Å². The van der Waals surface area contributed by atoms with Gasteiger partial charge in [-0.3, -0.25) is 0 Å². The molecule has 2 N–H and O–H groups in total. The summed E-state index contributed by atoms with van der Waals surface area (Å²) in [5.41, 5.74) is 7.47. The Kier molecular flexibility index (Phi) is 8.72. The van der Waals surface area contributed by atoms with Crippen molar-refractivity contribution in [2.24, 2.45) is 0 Å². The molecule has 3 heteroatoms. The molecule has 0 radical (unpaired) electrons. The minimum atomic E-state index is -5.10. The molecule has 0 aliphatic heterocycles. The summed E-state index contributed by atoms with van der Waals surface area (Å²) in [5.74, 6) is 0. The Morgan fingerprint density at radius 2 is 0.800 bits per heavy atom. The molecule has 0 amide bonds. The van der Waals surface area contributed by atoms with E-state index in [0.29, 0.717) is 15.9 Å². The third-order valence-electron chi connectivity index (χ3n) is 9.26. The fourth-order valence-electron chi connectivity index (χ4n) is 6.63. The van der Waals surface area contributed by atoms with Crippen LogP contribution in [-0.2, 0) is 21.7 Å². The summed E-state index contributed by atoms with van der Waals surface area (Å²) in [5, 5.41) is 1.91. The van der Waals surface area contributed by atoms with Crippen molar-refractivity contribution >= 4 is 23.0 Å². The van der Waals surface area contributed by atoms with Crippen molar-refractivity contribution in [2.45, 2.75) is 119 Å². The summed E-state index contributed by atoms with van der Waals surface area (Å²) >= 11 is 0. The van der Waals surface area contributed by atoms with Gasteiger partial charge in [-0.05, 0) is 0 Å². The van der Waals surface area contributed by atoms with Gasteiger partial charge in [-0.2, -0.15) is 0 Å². The summed E-state index contributed by atoms with van der Waals surface area (Å²) in [6, 6.07) is 27.1. The van der Waals surface area contributed by atoms with E-state index in [0.717, 1.165) is 33.4 Å². The van der Waals surface area contributed by atoms with Crippen LogP contribution in [0.1, 0.15) is 116 Å². The fourth-order valence-corrected chi connectivity index (χ4v) is 11.3. The molecular weight excluding hydrogens is 567 g/mol. The molecule has 0 spiro atoms. The second-order valence-electron chi connectivity index (χ2n) is 17.3. The first-order valence-electron chi connectivity index (χ1n) is 16.4. The van der Waals surface area contributed by atoms with Crippen LogP contribution in [0.25, 0.3) is 11.1 Å². The van der Waals surface area contributed by atoms with Crippen molar-refractivity contribution in [3.63, 3.8) is 0 Å². The fraction of sp³-hybridized carbons (Fsp3) is 0.429. The van der Waals surface area contributed by atoms with Gasteiger partial charge in [-0.1, -0.05) is 0 Å². The Morgan fingerprint density at radius 3 is 1.13 bits per heavy atom. The molecule has 242 valence electrons. The minimum absolute atomic E-state index is 0.0944. The molecule has 0 aromatic heterocycles. The van der Waals surface area contributed by atoms with Crippen molar-refractivity contribution in [3.05, 3.63) is 112 Å². The van der Waals surface area contributed by atoms with Gasteiger partial charge in [0.15, 0.2) is 0 Å². The van der Waals surface area contributed by atoms with E-state index in [1.54, 1.807) is 0 Å². The van der Waals surface area contributed by atoms with Crippen molar-refractivity contribution in [1.29, 1.82) is 0 Å². The SMILES string of the molecule is Cc1cc(C(C)(C)C)cc(C(C)(C)C)c1P(O)(O)(c1ccc(-c2ccccc2)cc1)c1c(C)cc(C(C)(C)C)cc1C(C)(C)C. The molecule has 0 fully saturated rings. The van der Waals surface area contributed by atoms with Crippen LogP contribution < -0.4 is 15.9 Å². The molecule has 0 saturated heterocycles. The third-order valence-corrected chi connectivity index (χ3v) is 13.4. The molecule has 0 saturated carbocycles. The number of benzene rings is 4. The topological polar surface area (TPSA) is 40.5 Å². The monoisotopic (exact) mass is 624 g/mol. The molecule has 0 aliphatic carbocycles. The first-order chi connectivity index (χ1) is 20.4. The van der Waals surface area contributed by atoms with E-state index in [2.05, 4.69) is 133 Å². The van der Waals surface area contributed by atoms with Gasteiger partial charge in [-0.15, -0.1) is 0 Å². The second-order valence-corrected chi connectivity index (χ2v) is 20.8. The number of hydrogen-bond donors (Lipinski definition) is 2. The van der Waals surface area contributed by atoms with Gasteiger partial charge in [0.2, 0.25) is 0 Å². The number of rotatable bonds is 4. The summed E-state index contributed by atoms with van der Waals surface area (Å²) in [6.45, 7) is 30.6. The Hall–Kier alpha value is -2.77. The molecule has 45 heavy (non-hydrogen) atoms. The first-order valence-corrected chi connectivity index (χ1v) is 18.5. The molecule has 2 nitrogen and oxygen atoms in total. The van der Waals surface area contributed by atoms with Gasteiger partial charge in [0, 0.05) is 0 Å². The molecule has 0 bridgehead atoms. The standard InChI is InChI=1S/C42H57O2P/c1-28-24-32(39(3,4)5)26-35(41(9,10)11)37(28)45(43,44,34-22-20-31(21-23-34)30-18-16-15-17-19-30)38-29(2)25-33(40(6,7)8)27-36(38)42(12,13)14/h15-27,43-44H,1-14H3. The van der Waals surface area contributed by atoms with E-state index >= 15 is 0 Å². The first kappa shape index (κ1) is 35.1. The predicted molar refractivity (Wildman–Crippen MR) is 199 cm³/mol. The van der Waals surface area contributed by atoms with E-state index in [1.165, 1.54) is 11.1 Å². The third kappa shape index (κ3) is 6.44. The normalized spacial score (nSPS) is 14.3. The van der Waals surface area contributed by atoms with Gasteiger partial charge >= 0.3 is 275 Å². The number of hydrogen-bond acceptors (Lipinski definition) is 2. The Morgan fingerprint density at radius 1 is 0.444 bits per heavy atom. The average molecular weight is 625 g/mol. The van der Waals surface area contributed by atoms with Crippen LogP contribution in [0.4, 0.5) is 0 Å². The van der Waals surface area contributed by atoms with Gasteiger partial charge in [0.1, 0.15) is 0 Å². The summed E-state index contributed by atoms with van der Waals surface area (Å²) < 4.78 is 0. The van der Waals surface area contributed by atoms with Crippen LogP contribution in [0, 0.1) is 13.8 Å². The number of aryl methyl sites for hydroxylation is 2. The van der Waals surface area contributed by atoms with Crippen LogP contribution in [0.5, 0.6) is 0 Å².